The molecule has 3 nitrogen and oxygen atoms in total. The molecule has 3 aliphatic rings. The minimum Gasteiger partial charge on any atom is -0.458 e. The van der Waals surface area contributed by atoms with E-state index >= 15 is 0 Å². The first kappa shape index (κ1) is 34.7. The molecular weight excluding hydrogens is 655 g/mol. The van der Waals surface area contributed by atoms with E-state index in [2.05, 4.69) is 178 Å². The van der Waals surface area contributed by atoms with Crippen molar-refractivity contribution >= 4 is 40.2 Å². The molecule has 0 N–H and O–H groups in total. The Morgan fingerprint density at radius 3 is 1.87 bits per heavy atom. The lowest BCUT2D eigenvalue weighted by Crippen LogP contribution is -2.61. The van der Waals surface area contributed by atoms with Gasteiger partial charge in [-0.05, 0) is 96.3 Å². The molecule has 4 heterocycles. The molecule has 0 bridgehead atoms. The van der Waals surface area contributed by atoms with E-state index in [-0.39, 0.29) is 28.4 Å². The van der Waals surface area contributed by atoms with Crippen LogP contribution in [0.1, 0.15) is 104 Å². The Bertz CT molecular complexity index is 2490. The van der Waals surface area contributed by atoms with E-state index < -0.39 is 0 Å². The average Bonchev–Trinajstić information content (AvgIpc) is 3.12. The molecule has 1 aromatic heterocycles. The van der Waals surface area contributed by atoms with Crippen LogP contribution in [-0.2, 0) is 21.7 Å². The Hall–Kier alpha value is -5.09. The van der Waals surface area contributed by atoms with E-state index in [4.69, 9.17) is 9.72 Å². The van der Waals surface area contributed by atoms with Crippen molar-refractivity contribution in [3.05, 3.63) is 137 Å². The lowest BCUT2D eigenvalue weighted by atomic mass is 9.33. The van der Waals surface area contributed by atoms with Crippen molar-refractivity contribution in [3.63, 3.8) is 0 Å². The summed E-state index contributed by atoms with van der Waals surface area (Å²) in [6.45, 7) is 25.8. The molecule has 0 radical (unpaired) electrons. The zero-order chi connectivity index (χ0) is 38.1. The molecule has 0 saturated carbocycles. The molecule has 6 aromatic rings. The van der Waals surface area contributed by atoms with Crippen LogP contribution >= 0.6 is 0 Å². The summed E-state index contributed by atoms with van der Waals surface area (Å²) in [6.07, 6.45) is 2.02. The monoisotopic (exact) mass is 706 g/mol. The first-order valence-corrected chi connectivity index (χ1v) is 19.6. The number of fused-ring (bicyclic) bond motifs is 6. The van der Waals surface area contributed by atoms with E-state index in [0.29, 0.717) is 0 Å². The lowest BCUT2D eigenvalue weighted by Gasteiger charge is -2.49. The molecule has 0 saturated heterocycles. The molecule has 0 unspecified atom stereocenters. The molecule has 0 atom stereocenters. The van der Waals surface area contributed by atoms with E-state index in [1.165, 1.54) is 61.3 Å². The van der Waals surface area contributed by atoms with Crippen LogP contribution in [0, 0.1) is 0 Å². The zero-order valence-corrected chi connectivity index (χ0v) is 33.8. The lowest BCUT2D eigenvalue weighted by molar-refractivity contribution is 0.486. The summed E-state index contributed by atoms with van der Waals surface area (Å²) >= 11 is 0. The summed E-state index contributed by atoms with van der Waals surface area (Å²) < 4.78 is 7.05. The molecule has 0 aliphatic carbocycles. The Kier molecular flexibility index (Phi) is 7.36. The second-order valence-corrected chi connectivity index (χ2v) is 19.4. The van der Waals surface area contributed by atoms with Gasteiger partial charge in [0.05, 0.1) is 11.4 Å². The number of anilines is 3. The topological polar surface area (TPSA) is 25.4 Å². The summed E-state index contributed by atoms with van der Waals surface area (Å²) in [5.41, 5.74) is 18.4. The summed E-state index contributed by atoms with van der Waals surface area (Å²) in [7, 11) is 0. The van der Waals surface area contributed by atoms with Gasteiger partial charge in [0.15, 0.2) is 0 Å². The predicted octanol–water partition coefficient (Wildman–Crippen LogP) is 11.4. The highest BCUT2D eigenvalue weighted by molar-refractivity contribution is 6.99. The van der Waals surface area contributed by atoms with Gasteiger partial charge < -0.3 is 9.64 Å². The summed E-state index contributed by atoms with van der Waals surface area (Å²) in [5, 5.41) is 0. The van der Waals surface area contributed by atoms with E-state index in [9.17, 15) is 0 Å². The maximum atomic E-state index is 7.05. The Morgan fingerprint density at radius 2 is 1.20 bits per heavy atom. The first-order valence-electron chi connectivity index (χ1n) is 19.6. The number of rotatable bonds is 2. The first-order chi connectivity index (χ1) is 25.4. The fourth-order valence-electron chi connectivity index (χ4n) is 8.86. The van der Waals surface area contributed by atoms with Crippen LogP contribution in [0.15, 0.2) is 109 Å². The highest BCUT2D eigenvalue weighted by Gasteiger charge is 2.49. The maximum Gasteiger partial charge on any atom is 0.256 e. The third-order valence-electron chi connectivity index (χ3n) is 12.2. The molecule has 270 valence electrons. The number of nitrogens with zero attached hydrogens (tertiary/aromatic N) is 2. The van der Waals surface area contributed by atoms with Gasteiger partial charge in [-0.25, -0.2) is 0 Å². The fraction of sp³-hybridized carbons (Fsp3) is 0.300. The van der Waals surface area contributed by atoms with Gasteiger partial charge in [-0.3, -0.25) is 4.98 Å². The molecule has 9 rings (SSSR count). The normalized spacial score (nSPS) is 15.2. The summed E-state index contributed by atoms with van der Waals surface area (Å²) in [5.74, 6) is 1.86. The smallest absolute Gasteiger partial charge is 0.256 e. The quantitative estimate of drug-likeness (QED) is 0.167. The van der Waals surface area contributed by atoms with Crippen LogP contribution in [0.25, 0.3) is 22.4 Å². The highest BCUT2D eigenvalue weighted by atomic mass is 16.5. The third kappa shape index (κ3) is 5.28. The van der Waals surface area contributed by atoms with Crippen LogP contribution in [0.2, 0.25) is 0 Å². The number of pyridine rings is 1. The largest absolute Gasteiger partial charge is 0.458 e. The zero-order valence-electron chi connectivity index (χ0n) is 33.8. The minimum atomic E-state index is -0.227. The van der Waals surface area contributed by atoms with Crippen molar-refractivity contribution in [3.8, 4) is 33.9 Å². The molecule has 0 fully saturated rings. The number of hydrogen-bond acceptors (Lipinski definition) is 3. The minimum absolute atomic E-state index is 0.0000124. The molecule has 54 heavy (non-hydrogen) atoms. The van der Waals surface area contributed by atoms with Crippen LogP contribution in [-0.4, -0.2) is 11.7 Å². The second kappa shape index (κ2) is 11.5. The second-order valence-electron chi connectivity index (χ2n) is 19.4. The predicted molar refractivity (Wildman–Crippen MR) is 229 cm³/mol. The van der Waals surface area contributed by atoms with Gasteiger partial charge in [-0.2, -0.15) is 0 Å². The number of benzene rings is 5. The van der Waals surface area contributed by atoms with Gasteiger partial charge in [-0.15, -0.1) is 0 Å². The average molecular weight is 707 g/mol. The molecule has 5 aromatic carbocycles. The summed E-state index contributed by atoms with van der Waals surface area (Å²) in [6, 6.07) is 38.5. The van der Waals surface area contributed by atoms with Crippen molar-refractivity contribution in [1.82, 2.24) is 4.98 Å². The number of aromatic nitrogens is 1. The van der Waals surface area contributed by atoms with Gasteiger partial charge in [0.2, 0.25) is 0 Å². The third-order valence-corrected chi connectivity index (χ3v) is 12.2. The van der Waals surface area contributed by atoms with Crippen molar-refractivity contribution < 1.29 is 4.74 Å². The van der Waals surface area contributed by atoms with Gasteiger partial charge >= 0.3 is 0 Å². The Balaban J connectivity index is 1.36. The van der Waals surface area contributed by atoms with E-state index in [1.807, 2.05) is 12.3 Å². The van der Waals surface area contributed by atoms with Crippen molar-refractivity contribution in [1.29, 1.82) is 0 Å². The maximum absolute atomic E-state index is 7.05. The van der Waals surface area contributed by atoms with Crippen molar-refractivity contribution in [2.75, 3.05) is 4.90 Å². The molecule has 4 heteroatoms. The summed E-state index contributed by atoms with van der Waals surface area (Å²) in [4.78, 5) is 7.54. The standard InChI is InChI=1S/C50H51BN2O/c1-47(2,3)33-18-21-41-36(25-33)50(10,11)37-26-35(49(7,8)9)28-39-46(37)53(41)42-23-32(31-17-20-40(52-29-31)30-15-13-12-14-16-30)24-44-45(42)51(39)38-27-34(48(4,5)6)19-22-43(38)54-44/h12-29H,1-11H3. The Morgan fingerprint density at radius 1 is 0.556 bits per heavy atom. The van der Waals surface area contributed by atoms with E-state index in [1.54, 1.807) is 0 Å². The van der Waals surface area contributed by atoms with Crippen LogP contribution < -0.4 is 26.0 Å². The number of hydrogen-bond donors (Lipinski definition) is 0. The molecular formula is C50H51BN2O. The number of ether oxygens (including phenoxy) is 1. The van der Waals surface area contributed by atoms with Crippen LogP contribution in [0.5, 0.6) is 11.5 Å². The highest BCUT2D eigenvalue weighted by Crippen LogP contribution is 2.55. The van der Waals surface area contributed by atoms with Crippen LogP contribution in [0.4, 0.5) is 17.1 Å². The van der Waals surface area contributed by atoms with E-state index in [0.717, 1.165) is 33.9 Å². The SMILES string of the molecule is CC(C)(C)c1ccc2c(c1)B1c3cc(C(C)(C)C)cc4c3N(c3ccc(C(C)(C)C)cc3C4(C)C)c3cc(-c4ccc(-c5ccccc5)nc4)cc(c31)O2. The van der Waals surface area contributed by atoms with Crippen molar-refractivity contribution in [2.24, 2.45) is 0 Å². The van der Waals surface area contributed by atoms with Gasteiger partial charge in [0, 0.05) is 34.1 Å². The molecule has 3 aliphatic heterocycles. The van der Waals surface area contributed by atoms with Crippen molar-refractivity contribution in [2.45, 2.75) is 97.8 Å². The van der Waals surface area contributed by atoms with Gasteiger partial charge in [-0.1, -0.05) is 149 Å². The van der Waals surface area contributed by atoms with Crippen LogP contribution in [0.3, 0.4) is 0 Å². The molecule has 0 amide bonds. The fourth-order valence-corrected chi connectivity index (χ4v) is 8.86. The molecule has 0 spiro atoms. The van der Waals surface area contributed by atoms with Gasteiger partial charge in [0.25, 0.3) is 6.71 Å². The Labute approximate surface area is 322 Å². The van der Waals surface area contributed by atoms with Gasteiger partial charge in [0.1, 0.15) is 11.5 Å².